The van der Waals surface area contributed by atoms with E-state index in [2.05, 4.69) is 20.4 Å². The SMILES string of the molecule is C=C(C)C(=O)OC1CC(C(=O)OC2(C3CCCC(C)C3)C3CC4CC2CC(C)(C4)C3)C1. The van der Waals surface area contributed by atoms with Gasteiger partial charge >= 0.3 is 11.9 Å². The van der Waals surface area contributed by atoms with E-state index < -0.39 is 0 Å². The van der Waals surface area contributed by atoms with Crippen LogP contribution in [-0.4, -0.2) is 23.6 Å². The number of hydrogen-bond acceptors (Lipinski definition) is 4. The largest absolute Gasteiger partial charge is 0.459 e. The summed E-state index contributed by atoms with van der Waals surface area (Å²) in [6.45, 7) is 10.2. The lowest BCUT2D eigenvalue weighted by Crippen LogP contribution is -2.66. The molecule has 0 heterocycles. The molecule has 4 unspecified atom stereocenters. The summed E-state index contributed by atoms with van der Waals surface area (Å²) in [5.74, 6) is 2.70. The summed E-state index contributed by atoms with van der Waals surface area (Å²) in [5.41, 5.74) is 0.644. The Balaban J connectivity index is 1.33. The van der Waals surface area contributed by atoms with Crippen molar-refractivity contribution >= 4 is 11.9 Å². The van der Waals surface area contributed by atoms with Crippen molar-refractivity contribution in [1.82, 2.24) is 0 Å². The molecule has 0 aromatic rings. The van der Waals surface area contributed by atoms with Crippen LogP contribution >= 0.6 is 0 Å². The molecule has 0 spiro atoms. The van der Waals surface area contributed by atoms with Gasteiger partial charge < -0.3 is 9.47 Å². The van der Waals surface area contributed by atoms with Gasteiger partial charge in [0.15, 0.2) is 0 Å². The molecule has 6 rings (SSSR count). The smallest absolute Gasteiger partial charge is 0.333 e. The molecule has 4 bridgehead atoms. The molecule has 0 N–H and O–H groups in total. The van der Waals surface area contributed by atoms with E-state index in [1.54, 1.807) is 6.92 Å². The van der Waals surface area contributed by atoms with Gasteiger partial charge in [-0.05, 0) is 87.9 Å². The van der Waals surface area contributed by atoms with E-state index >= 15 is 0 Å². The van der Waals surface area contributed by atoms with E-state index in [0.717, 1.165) is 11.8 Å². The van der Waals surface area contributed by atoms with Gasteiger partial charge in [-0.1, -0.05) is 33.3 Å². The van der Waals surface area contributed by atoms with Crippen LogP contribution in [0.1, 0.15) is 91.4 Å². The minimum Gasteiger partial charge on any atom is -0.459 e. The zero-order valence-corrected chi connectivity index (χ0v) is 19.7. The van der Waals surface area contributed by atoms with Crippen LogP contribution in [0, 0.1) is 40.9 Å². The normalized spacial score (nSPS) is 48.0. The van der Waals surface area contributed by atoms with Crippen molar-refractivity contribution in [3.63, 3.8) is 0 Å². The predicted octanol–water partition coefficient (Wildman–Crippen LogP) is 5.84. The van der Waals surface area contributed by atoms with Crippen LogP contribution in [0.25, 0.3) is 0 Å². The second kappa shape index (κ2) is 7.63. The van der Waals surface area contributed by atoms with Gasteiger partial charge in [0.05, 0.1) is 5.92 Å². The van der Waals surface area contributed by atoms with E-state index in [0.29, 0.717) is 41.6 Å². The second-order valence-electron chi connectivity index (χ2n) is 12.4. The third-order valence-corrected chi connectivity index (χ3v) is 9.67. The van der Waals surface area contributed by atoms with Crippen molar-refractivity contribution in [2.75, 3.05) is 0 Å². The molecule has 4 heteroatoms. The summed E-state index contributed by atoms with van der Waals surface area (Å²) in [5, 5.41) is 0. The summed E-state index contributed by atoms with van der Waals surface area (Å²) in [6, 6.07) is 0. The summed E-state index contributed by atoms with van der Waals surface area (Å²) in [7, 11) is 0. The zero-order chi connectivity index (χ0) is 22.0. The number of esters is 2. The third-order valence-electron chi connectivity index (χ3n) is 9.67. The molecule has 4 nitrogen and oxygen atoms in total. The second-order valence-corrected chi connectivity index (χ2v) is 12.4. The number of rotatable bonds is 5. The average molecular weight is 429 g/mol. The fraction of sp³-hybridized carbons (Fsp3) is 0.852. The highest BCUT2D eigenvalue weighted by atomic mass is 16.6. The standard InChI is InChI=1S/C27H40O4/c1-16(2)24(28)30-23-11-19(12-23)25(29)31-27(20-7-5-6-17(3)8-20)21-9-18-10-22(27)15-26(4,13-18)14-21/h17-23H,1,5-15H2,2-4H3. The Morgan fingerprint density at radius 1 is 0.935 bits per heavy atom. The minimum absolute atomic E-state index is 0.0153. The Labute approximate surface area is 187 Å². The molecule has 0 aromatic heterocycles. The molecule has 31 heavy (non-hydrogen) atoms. The van der Waals surface area contributed by atoms with Crippen LogP contribution in [-0.2, 0) is 19.1 Å². The summed E-state index contributed by atoms with van der Waals surface area (Å²) in [6.07, 6.45) is 12.4. The number of carbonyl (C=O) groups is 2. The first-order chi connectivity index (χ1) is 14.7. The lowest BCUT2D eigenvalue weighted by molar-refractivity contribution is -0.252. The van der Waals surface area contributed by atoms with Gasteiger partial charge in [0.25, 0.3) is 0 Å². The molecule has 0 aromatic carbocycles. The maximum absolute atomic E-state index is 13.4. The summed E-state index contributed by atoms with van der Waals surface area (Å²) in [4.78, 5) is 25.2. The highest BCUT2D eigenvalue weighted by molar-refractivity contribution is 5.87. The molecule has 172 valence electrons. The van der Waals surface area contributed by atoms with Crippen LogP contribution in [0.2, 0.25) is 0 Å². The van der Waals surface area contributed by atoms with Gasteiger partial charge in [-0.2, -0.15) is 0 Å². The molecule has 6 aliphatic rings. The molecular formula is C27H40O4. The molecule has 0 radical (unpaired) electrons. The van der Waals surface area contributed by atoms with Gasteiger partial charge in [-0.25, -0.2) is 4.79 Å². The van der Waals surface area contributed by atoms with Crippen LogP contribution in [0.3, 0.4) is 0 Å². The van der Waals surface area contributed by atoms with Gasteiger partial charge in [-0.15, -0.1) is 0 Å². The quantitative estimate of drug-likeness (QED) is 0.408. The molecule has 0 aliphatic heterocycles. The van der Waals surface area contributed by atoms with Gasteiger partial charge in [0.2, 0.25) is 0 Å². The first-order valence-electron chi connectivity index (χ1n) is 12.8. The van der Waals surface area contributed by atoms with E-state index in [4.69, 9.17) is 9.47 Å². The van der Waals surface area contributed by atoms with Crippen molar-refractivity contribution in [3.8, 4) is 0 Å². The van der Waals surface area contributed by atoms with Crippen molar-refractivity contribution < 1.29 is 19.1 Å². The van der Waals surface area contributed by atoms with Crippen LogP contribution < -0.4 is 0 Å². The Morgan fingerprint density at radius 2 is 1.61 bits per heavy atom. The summed E-state index contributed by atoms with van der Waals surface area (Å²) < 4.78 is 12.2. The first-order valence-corrected chi connectivity index (χ1v) is 12.8. The van der Waals surface area contributed by atoms with Crippen molar-refractivity contribution in [1.29, 1.82) is 0 Å². The van der Waals surface area contributed by atoms with Gasteiger partial charge in [-0.3, -0.25) is 4.79 Å². The van der Waals surface area contributed by atoms with Crippen LogP contribution in [0.15, 0.2) is 12.2 Å². The Bertz CT molecular complexity index is 739. The molecule has 6 fully saturated rings. The Kier molecular flexibility index (Phi) is 5.29. The number of carbonyl (C=O) groups excluding carboxylic acids is 2. The average Bonchev–Trinajstić information content (AvgIpc) is 2.65. The topological polar surface area (TPSA) is 52.6 Å². The predicted molar refractivity (Wildman–Crippen MR) is 119 cm³/mol. The molecule has 0 amide bonds. The maximum Gasteiger partial charge on any atom is 0.333 e. The van der Waals surface area contributed by atoms with Gasteiger partial charge in [0, 0.05) is 17.4 Å². The lowest BCUT2D eigenvalue weighted by atomic mass is 9.42. The fourth-order valence-corrected chi connectivity index (χ4v) is 8.52. The van der Waals surface area contributed by atoms with E-state index in [1.807, 2.05) is 0 Å². The molecular weight excluding hydrogens is 388 g/mol. The Morgan fingerprint density at radius 3 is 2.19 bits per heavy atom. The number of hydrogen-bond donors (Lipinski definition) is 0. The van der Waals surface area contributed by atoms with Crippen molar-refractivity contribution in [2.24, 2.45) is 40.9 Å². The van der Waals surface area contributed by atoms with Gasteiger partial charge in [0.1, 0.15) is 11.7 Å². The molecule has 6 saturated carbocycles. The highest BCUT2D eigenvalue weighted by Gasteiger charge is 2.65. The number of ether oxygens (including phenoxy) is 2. The van der Waals surface area contributed by atoms with Crippen molar-refractivity contribution in [3.05, 3.63) is 12.2 Å². The van der Waals surface area contributed by atoms with E-state index in [9.17, 15) is 9.59 Å². The van der Waals surface area contributed by atoms with E-state index in [1.165, 1.54) is 57.8 Å². The molecule has 0 saturated heterocycles. The van der Waals surface area contributed by atoms with Crippen LogP contribution in [0.4, 0.5) is 0 Å². The third kappa shape index (κ3) is 3.66. The molecule has 6 aliphatic carbocycles. The first kappa shape index (κ1) is 21.5. The van der Waals surface area contributed by atoms with Crippen LogP contribution in [0.5, 0.6) is 0 Å². The summed E-state index contributed by atoms with van der Waals surface area (Å²) >= 11 is 0. The monoisotopic (exact) mass is 428 g/mol. The highest BCUT2D eigenvalue weighted by Crippen LogP contribution is 2.67. The Hall–Kier alpha value is -1.32. The van der Waals surface area contributed by atoms with E-state index in [-0.39, 0.29) is 29.6 Å². The lowest BCUT2D eigenvalue weighted by Gasteiger charge is -2.66. The van der Waals surface area contributed by atoms with Crippen molar-refractivity contribution in [2.45, 2.75) is 103 Å². The fourth-order valence-electron chi connectivity index (χ4n) is 8.52. The maximum atomic E-state index is 13.4. The zero-order valence-electron chi connectivity index (χ0n) is 19.7. The molecule has 4 atom stereocenters. The minimum atomic E-state index is -0.348.